The number of aryl methyl sites for hydroxylation is 2. The standard InChI is InChI=1S/C37H61N7O7S2/c1-21(2)26-17-18-44(29(26)33(47)40-27(30(45)32(38)46)19-24-13-12-14-24)34(48)31(37(5,6)7)42-36(49)41-28(25-15-10-9-11-16-25)20-43(8)53(50,51)35-22(3)39-23(4)52-35/h21,24-29,31H,9-20H2,1-8H3,(H2,38,46)(H,40,47)(H2,41,42,49)/t26-,27?,28-,29+,31-/m1/s1. The van der Waals surface area contributed by atoms with Gasteiger partial charge in [-0.25, -0.2) is 18.2 Å². The molecule has 2 heterocycles. The van der Waals surface area contributed by atoms with Gasteiger partial charge in [-0.1, -0.05) is 73.1 Å². The van der Waals surface area contributed by atoms with E-state index in [4.69, 9.17) is 5.73 Å². The summed E-state index contributed by atoms with van der Waals surface area (Å²) in [4.78, 5) is 73.0. The first-order chi connectivity index (χ1) is 24.7. The van der Waals surface area contributed by atoms with Crippen LogP contribution in [0.1, 0.15) is 110 Å². The largest absolute Gasteiger partial charge is 0.363 e. The zero-order chi connectivity index (χ0) is 39.4. The van der Waals surface area contributed by atoms with E-state index >= 15 is 0 Å². The van der Waals surface area contributed by atoms with Gasteiger partial charge in [-0.05, 0) is 68.6 Å². The minimum Gasteiger partial charge on any atom is -0.363 e. The van der Waals surface area contributed by atoms with E-state index in [2.05, 4.69) is 20.9 Å². The third-order valence-corrected chi connectivity index (χ3v) is 14.9. The highest BCUT2D eigenvalue weighted by Gasteiger charge is 2.48. The van der Waals surface area contributed by atoms with E-state index in [0.29, 0.717) is 23.5 Å². The molecule has 2 aliphatic carbocycles. The summed E-state index contributed by atoms with van der Waals surface area (Å²) in [5.74, 6) is -2.87. The van der Waals surface area contributed by atoms with Crippen LogP contribution in [-0.2, 0) is 29.2 Å². The van der Waals surface area contributed by atoms with Crippen molar-refractivity contribution < 1.29 is 32.4 Å². The number of likely N-dealkylation sites (tertiary alicyclic amines) is 1. The fourth-order valence-corrected chi connectivity index (χ4v) is 11.0. The first kappa shape index (κ1) is 42.6. The molecule has 5 amide bonds. The van der Waals surface area contributed by atoms with Crippen molar-refractivity contribution in [3.05, 3.63) is 10.7 Å². The smallest absolute Gasteiger partial charge is 0.315 e. The lowest BCUT2D eigenvalue weighted by atomic mass is 9.80. The fourth-order valence-electron chi connectivity index (χ4n) is 8.09. The van der Waals surface area contributed by atoms with Gasteiger partial charge in [-0.2, -0.15) is 4.31 Å². The number of Topliss-reactive ketones (excluding diaryl/α,β-unsaturated/α-hetero) is 1. The highest BCUT2D eigenvalue weighted by atomic mass is 32.2. The van der Waals surface area contributed by atoms with Crippen molar-refractivity contribution in [3.63, 3.8) is 0 Å². The van der Waals surface area contributed by atoms with Gasteiger partial charge >= 0.3 is 6.03 Å². The summed E-state index contributed by atoms with van der Waals surface area (Å²) in [7, 11) is -2.36. The zero-order valence-corrected chi connectivity index (χ0v) is 34.3. The van der Waals surface area contributed by atoms with Crippen molar-refractivity contribution in [1.29, 1.82) is 0 Å². The SMILES string of the molecule is Cc1nc(C)c(S(=O)(=O)N(C)C[C@@H](NC(=O)N[C@H](C(=O)N2CC[C@H](C(C)C)[C@H]2C(=O)NC(CC2CCC2)C(=O)C(N)=O)C(C)(C)C)C2CCCCC2)s1. The normalized spacial score (nSPS) is 21.9. The number of primary amides is 1. The molecule has 5 atom stereocenters. The molecule has 298 valence electrons. The Kier molecular flexibility index (Phi) is 14.1. The average Bonchev–Trinajstić information content (AvgIpc) is 3.66. The molecule has 3 fully saturated rings. The molecule has 2 saturated carbocycles. The van der Waals surface area contributed by atoms with E-state index in [-0.39, 0.29) is 41.0 Å². The second-order valence-corrected chi connectivity index (χ2v) is 20.3. The predicted octanol–water partition coefficient (Wildman–Crippen LogP) is 3.65. The summed E-state index contributed by atoms with van der Waals surface area (Å²) < 4.78 is 28.7. The Hall–Kier alpha value is -3.11. The molecule has 14 nitrogen and oxygen atoms in total. The summed E-state index contributed by atoms with van der Waals surface area (Å²) in [5.41, 5.74) is 5.03. The van der Waals surface area contributed by atoms with Gasteiger partial charge in [0, 0.05) is 26.2 Å². The van der Waals surface area contributed by atoms with Gasteiger partial charge in [0.25, 0.3) is 15.9 Å². The van der Waals surface area contributed by atoms with Crippen LogP contribution >= 0.6 is 11.3 Å². The number of urea groups is 1. The summed E-state index contributed by atoms with van der Waals surface area (Å²) in [5, 5.41) is 9.41. The van der Waals surface area contributed by atoms with Crippen LogP contribution < -0.4 is 21.7 Å². The number of amides is 5. The molecule has 0 bridgehead atoms. The van der Waals surface area contributed by atoms with Crippen LogP contribution in [0.15, 0.2) is 4.21 Å². The third kappa shape index (κ3) is 10.4. The maximum absolute atomic E-state index is 14.5. The van der Waals surface area contributed by atoms with Crippen LogP contribution in [0.5, 0.6) is 0 Å². The molecule has 0 radical (unpaired) electrons. The molecule has 1 aromatic heterocycles. The first-order valence-electron chi connectivity index (χ1n) is 19.1. The van der Waals surface area contributed by atoms with Crippen molar-refractivity contribution in [1.82, 2.24) is 30.1 Å². The van der Waals surface area contributed by atoms with E-state index < -0.39 is 69.1 Å². The van der Waals surface area contributed by atoms with E-state index in [1.807, 2.05) is 34.6 Å². The number of hydrogen-bond donors (Lipinski definition) is 4. The summed E-state index contributed by atoms with van der Waals surface area (Å²) in [6, 6.07) is -4.16. The van der Waals surface area contributed by atoms with Crippen LogP contribution in [0.3, 0.4) is 0 Å². The van der Waals surface area contributed by atoms with Gasteiger partial charge < -0.3 is 26.6 Å². The van der Waals surface area contributed by atoms with Crippen molar-refractivity contribution in [3.8, 4) is 0 Å². The number of aromatic nitrogens is 1. The lowest BCUT2D eigenvalue weighted by Gasteiger charge is -2.38. The van der Waals surface area contributed by atoms with Crippen LogP contribution in [0.4, 0.5) is 4.79 Å². The molecule has 5 N–H and O–H groups in total. The molecule has 1 unspecified atom stereocenters. The Bertz CT molecular complexity index is 1610. The number of ketones is 1. The van der Waals surface area contributed by atoms with Crippen molar-refractivity contribution >= 4 is 50.9 Å². The van der Waals surface area contributed by atoms with Gasteiger partial charge in [0.1, 0.15) is 12.1 Å². The van der Waals surface area contributed by atoms with E-state index in [1.54, 1.807) is 13.8 Å². The van der Waals surface area contributed by atoms with Crippen LogP contribution in [0, 0.1) is 42.9 Å². The number of hydrogen-bond acceptors (Lipinski definition) is 9. The molecule has 53 heavy (non-hydrogen) atoms. The average molecular weight is 780 g/mol. The molecule has 0 aromatic carbocycles. The number of rotatable bonds is 15. The van der Waals surface area contributed by atoms with E-state index in [1.165, 1.54) is 16.3 Å². The maximum Gasteiger partial charge on any atom is 0.315 e. The monoisotopic (exact) mass is 779 g/mol. The Labute approximate surface area is 319 Å². The highest BCUT2D eigenvalue weighted by Crippen LogP contribution is 2.35. The third-order valence-electron chi connectivity index (χ3n) is 11.4. The second-order valence-electron chi connectivity index (χ2n) is 16.8. The number of nitrogens with zero attached hydrogens (tertiary/aromatic N) is 3. The quantitative estimate of drug-likeness (QED) is 0.193. The van der Waals surface area contributed by atoms with Gasteiger partial charge in [0.2, 0.25) is 17.6 Å². The Morgan fingerprint density at radius 2 is 1.60 bits per heavy atom. The number of thiazole rings is 1. The number of nitrogens with two attached hydrogens (primary N) is 1. The Morgan fingerprint density at radius 3 is 2.11 bits per heavy atom. The molecule has 1 aliphatic heterocycles. The first-order valence-corrected chi connectivity index (χ1v) is 21.4. The predicted molar refractivity (Wildman–Crippen MR) is 203 cm³/mol. The minimum atomic E-state index is -3.87. The number of sulfonamides is 1. The fraction of sp³-hybridized carbons (Fsp3) is 0.784. The van der Waals surface area contributed by atoms with Crippen molar-refractivity contribution in [2.75, 3.05) is 20.1 Å². The Balaban J connectivity index is 1.55. The Morgan fingerprint density at radius 1 is 0.962 bits per heavy atom. The van der Waals surface area contributed by atoms with Gasteiger partial charge in [0.05, 0.1) is 16.7 Å². The summed E-state index contributed by atoms with van der Waals surface area (Å²) >= 11 is 1.12. The van der Waals surface area contributed by atoms with Crippen molar-refractivity contribution in [2.24, 2.45) is 34.8 Å². The highest BCUT2D eigenvalue weighted by molar-refractivity contribution is 7.91. The lowest BCUT2D eigenvalue weighted by molar-refractivity contribution is -0.144. The van der Waals surface area contributed by atoms with E-state index in [0.717, 1.165) is 62.7 Å². The molecular weight excluding hydrogens is 719 g/mol. The number of nitrogens with one attached hydrogen (secondary N) is 3. The minimum absolute atomic E-state index is 0.0204. The summed E-state index contributed by atoms with van der Waals surface area (Å²) in [6.07, 6.45) is 8.37. The molecule has 16 heteroatoms. The molecule has 4 rings (SSSR count). The van der Waals surface area contributed by atoms with Crippen LogP contribution in [0.2, 0.25) is 0 Å². The maximum atomic E-state index is 14.5. The van der Waals surface area contributed by atoms with Gasteiger partial charge in [0.15, 0.2) is 4.21 Å². The van der Waals surface area contributed by atoms with E-state index in [9.17, 15) is 32.4 Å². The molecule has 3 aliphatic rings. The number of carbonyl (C=O) groups is 5. The topological polar surface area (TPSA) is 201 Å². The molecule has 1 aromatic rings. The molecule has 0 spiro atoms. The number of carbonyl (C=O) groups excluding carboxylic acids is 5. The zero-order valence-electron chi connectivity index (χ0n) is 32.7. The summed E-state index contributed by atoms with van der Waals surface area (Å²) in [6.45, 7) is 13.2. The molecule has 1 saturated heterocycles. The number of likely N-dealkylation sites (N-methyl/N-ethyl adjacent to an activating group) is 1. The lowest BCUT2D eigenvalue weighted by Crippen LogP contribution is -2.62. The van der Waals surface area contributed by atoms with Crippen molar-refractivity contribution in [2.45, 2.75) is 141 Å². The van der Waals surface area contributed by atoms with Crippen LogP contribution in [-0.4, -0.2) is 96.4 Å². The molecular formula is C37H61N7O7S2. The van der Waals surface area contributed by atoms with Gasteiger partial charge in [-0.15, -0.1) is 11.3 Å². The van der Waals surface area contributed by atoms with Gasteiger partial charge in [-0.3, -0.25) is 19.2 Å². The second kappa shape index (κ2) is 17.6. The van der Waals surface area contributed by atoms with Crippen LogP contribution in [0.25, 0.3) is 0 Å².